The Labute approximate surface area is 163 Å². The van der Waals surface area contributed by atoms with Gasteiger partial charge in [0.1, 0.15) is 11.6 Å². The lowest BCUT2D eigenvalue weighted by Gasteiger charge is -2.22. The summed E-state index contributed by atoms with van der Waals surface area (Å²) < 4.78 is 30.1. The molecule has 0 saturated heterocycles. The van der Waals surface area contributed by atoms with E-state index in [0.29, 0.717) is 28.4 Å². The zero-order valence-corrected chi connectivity index (χ0v) is 15.8. The predicted molar refractivity (Wildman–Crippen MR) is 103 cm³/mol. The third-order valence-electron chi connectivity index (χ3n) is 5.13. The van der Waals surface area contributed by atoms with Gasteiger partial charge in [-0.2, -0.15) is 5.10 Å². The van der Waals surface area contributed by atoms with Gasteiger partial charge in [0.05, 0.1) is 27.2 Å². The summed E-state index contributed by atoms with van der Waals surface area (Å²) in [6, 6.07) is 11.2. The SMILES string of the molecule is Cc1nn(-c2nc3ccccc3s2)c2c1C(=O)C[C@@H](c1cc(F)cc(F)c1)C2. The number of thiazole rings is 1. The number of carbonyl (C=O) groups is 1. The second-order valence-corrected chi connectivity index (χ2v) is 8.02. The van der Waals surface area contributed by atoms with Crippen molar-refractivity contribution in [3.8, 4) is 5.13 Å². The van der Waals surface area contributed by atoms with Crippen LogP contribution < -0.4 is 0 Å². The Kier molecular flexibility index (Phi) is 3.87. The molecule has 140 valence electrons. The number of Topliss-reactive ketones (excluding diaryl/α,β-unsaturated/α-hetero) is 1. The molecule has 0 aliphatic heterocycles. The van der Waals surface area contributed by atoms with Crippen molar-refractivity contribution in [3.63, 3.8) is 0 Å². The zero-order chi connectivity index (χ0) is 19.4. The van der Waals surface area contributed by atoms with Crippen LogP contribution in [-0.2, 0) is 6.42 Å². The van der Waals surface area contributed by atoms with Crippen molar-refractivity contribution in [3.05, 3.63) is 76.6 Å². The number of rotatable bonds is 2. The molecule has 2 aromatic heterocycles. The van der Waals surface area contributed by atoms with Gasteiger partial charge in [-0.25, -0.2) is 18.4 Å². The quantitative estimate of drug-likeness (QED) is 0.481. The fourth-order valence-corrected chi connectivity index (χ4v) is 4.86. The molecule has 28 heavy (non-hydrogen) atoms. The van der Waals surface area contributed by atoms with Crippen LogP contribution in [0.1, 0.15) is 39.6 Å². The van der Waals surface area contributed by atoms with Gasteiger partial charge in [-0.1, -0.05) is 23.5 Å². The highest BCUT2D eigenvalue weighted by Gasteiger charge is 2.33. The normalized spacial score (nSPS) is 16.5. The van der Waals surface area contributed by atoms with Crippen LogP contribution in [0, 0.1) is 18.6 Å². The van der Waals surface area contributed by atoms with Crippen molar-refractivity contribution in [2.45, 2.75) is 25.7 Å². The Balaban J connectivity index is 1.62. The molecule has 0 N–H and O–H groups in total. The van der Waals surface area contributed by atoms with Crippen molar-refractivity contribution in [2.24, 2.45) is 0 Å². The first-order valence-electron chi connectivity index (χ1n) is 8.93. The number of nitrogens with zero attached hydrogens (tertiary/aromatic N) is 3. The van der Waals surface area contributed by atoms with Gasteiger partial charge in [0.25, 0.3) is 0 Å². The van der Waals surface area contributed by atoms with Gasteiger partial charge in [0, 0.05) is 12.5 Å². The maximum absolute atomic E-state index is 13.7. The molecule has 2 heterocycles. The van der Waals surface area contributed by atoms with Crippen LogP contribution in [0.3, 0.4) is 0 Å². The van der Waals surface area contributed by atoms with Gasteiger partial charge < -0.3 is 0 Å². The molecule has 0 fully saturated rings. The summed E-state index contributed by atoms with van der Waals surface area (Å²) in [5.74, 6) is -1.62. The molecule has 2 aromatic carbocycles. The summed E-state index contributed by atoms with van der Waals surface area (Å²) in [7, 11) is 0. The highest BCUT2D eigenvalue weighted by atomic mass is 32.1. The molecular formula is C21H15F2N3OS. The van der Waals surface area contributed by atoms with Crippen molar-refractivity contribution in [2.75, 3.05) is 0 Å². The molecule has 0 saturated carbocycles. The van der Waals surface area contributed by atoms with Gasteiger partial charge in [0.2, 0.25) is 5.13 Å². The zero-order valence-electron chi connectivity index (χ0n) is 14.9. The molecular weight excluding hydrogens is 380 g/mol. The van der Waals surface area contributed by atoms with E-state index in [2.05, 4.69) is 10.1 Å². The summed E-state index contributed by atoms with van der Waals surface area (Å²) in [6.07, 6.45) is 0.684. The summed E-state index contributed by atoms with van der Waals surface area (Å²) in [6.45, 7) is 1.81. The Morgan fingerprint density at radius 2 is 1.86 bits per heavy atom. The van der Waals surface area contributed by atoms with Crippen LogP contribution >= 0.6 is 11.3 Å². The van der Waals surface area contributed by atoms with Crippen LogP contribution in [0.4, 0.5) is 8.78 Å². The van der Waals surface area contributed by atoms with Crippen LogP contribution in [0.25, 0.3) is 15.3 Å². The van der Waals surface area contributed by atoms with E-state index in [4.69, 9.17) is 0 Å². The summed E-state index contributed by atoms with van der Waals surface area (Å²) in [5.41, 5.74) is 3.37. The second kappa shape index (κ2) is 6.31. The minimum atomic E-state index is -0.635. The maximum atomic E-state index is 13.7. The molecule has 0 unspecified atom stereocenters. The van der Waals surface area contributed by atoms with Gasteiger partial charge in [-0.05, 0) is 49.1 Å². The predicted octanol–water partition coefficient (Wildman–Crippen LogP) is 4.98. The number of aromatic nitrogens is 3. The molecule has 0 bridgehead atoms. The fourth-order valence-electron chi connectivity index (χ4n) is 3.91. The van der Waals surface area contributed by atoms with Crippen molar-refractivity contribution in [1.29, 1.82) is 0 Å². The van der Waals surface area contributed by atoms with Gasteiger partial charge >= 0.3 is 0 Å². The molecule has 5 rings (SSSR count). The van der Waals surface area contributed by atoms with E-state index in [1.165, 1.54) is 23.5 Å². The fraction of sp³-hybridized carbons (Fsp3) is 0.190. The van der Waals surface area contributed by atoms with Gasteiger partial charge in [-0.15, -0.1) is 0 Å². The average molecular weight is 395 g/mol. The monoisotopic (exact) mass is 395 g/mol. The third-order valence-corrected chi connectivity index (χ3v) is 6.14. The number of benzene rings is 2. The topological polar surface area (TPSA) is 47.8 Å². The number of ketones is 1. The smallest absolute Gasteiger partial charge is 0.211 e. The highest BCUT2D eigenvalue weighted by molar-refractivity contribution is 7.20. The Morgan fingerprint density at radius 3 is 2.61 bits per heavy atom. The molecule has 1 atom stereocenters. The van der Waals surface area contributed by atoms with Crippen LogP contribution in [0.5, 0.6) is 0 Å². The van der Waals surface area contributed by atoms with Crippen LogP contribution in [-0.4, -0.2) is 20.5 Å². The average Bonchev–Trinajstić information content (AvgIpc) is 3.22. The Bertz CT molecular complexity index is 1190. The van der Waals surface area contributed by atoms with E-state index in [0.717, 1.165) is 22.0 Å². The first kappa shape index (κ1) is 17.2. The van der Waals surface area contributed by atoms with E-state index >= 15 is 0 Å². The molecule has 1 aliphatic carbocycles. The molecule has 0 spiro atoms. The van der Waals surface area contributed by atoms with Crippen molar-refractivity contribution < 1.29 is 13.6 Å². The molecule has 4 aromatic rings. The van der Waals surface area contributed by atoms with Crippen molar-refractivity contribution in [1.82, 2.24) is 14.8 Å². The number of halogens is 2. The lowest BCUT2D eigenvalue weighted by molar-refractivity contribution is 0.0963. The number of para-hydroxylation sites is 1. The van der Waals surface area contributed by atoms with Gasteiger partial charge in [-0.3, -0.25) is 4.79 Å². The minimum Gasteiger partial charge on any atom is -0.294 e. The maximum Gasteiger partial charge on any atom is 0.211 e. The molecule has 4 nitrogen and oxygen atoms in total. The number of hydrogen-bond acceptors (Lipinski definition) is 4. The standard InChI is InChI=1S/C21H15F2N3OS/c1-11-20-17(26(25-11)21-24-16-4-2-3-5-19(16)28-21)8-13(9-18(20)27)12-6-14(22)10-15(23)7-12/h2-7,10,13H,8-9H2,1H3/t13-/m0/s1. The van der Waals surface area contributed by atoms with E-state index < -0.39 is 11.6 Å². The third kappa shape index (κ3) is 2.74. The summed E-state index contributed by atoms with van der Waals surface area (Å²) in [5, 5.41) is 5.25. The van der Waals surface area contributed by atoms with Gasteiger partial charge in [0.15, 0.2) is 5.78 Å². The molecule has 0 amide bonds. The molecule has 7 heteroatoms. The Hall–Kier alpha value is -2.93. The van der Waals surface area contributed by atoms with Crippen LogP contribution in [0.2, 0.25) is 0 Å². The van der Waals surface area contributed by atoms with Crippen molar-refractivity contribution >= 4 is 27.3 Å². The second-order valence-electron chi connectivity index (χ2n) is 7.01. The number of fused-ring (bicyclic) bond motifs is 2. The first-order chi connectivity index (χ1) is 13.5. The largest absolute Gasteiger partial charge is 0.294 e. The van der Waals surface area contributed by atoms with E-state index in [1.807, 2.05) is 31.2 Å². The molecule has 1 aliphatic rings. The lowest BCUT2D eigenvalue weighted by Crippen LogP contribution is -2.20. The highest BCUT2D eigenvalue weighted by Crippen LogP contribution is 2.36. The Morgan fingerprint density at radius 1 is 1.11 bits per heavy atom. The number of carbonyl (C=O) groups excluding carboxylic acids is 1. The number of aryl methyl sites for hydroxylation is 1. The first-order valence-corrected chi connectivity index (χ1v) is 9.75. The van der Waals surface area contributed by atoms with E-state index in [9.17, 15) is 13.6 Å². The minimum absolute atomic E-state index is 0.0548. The van der Waals surface area contributed by atoms with Crippen LogP contribution in [0.15, 0.2) is 42.5 Å². The van der Waals surface area contributed by atoms with E-state index in [1.54, 1.807) is 4.68 Å². The summed E-state index contributed by atoms with van der Waals surface area (Å²) >= 11 is 1.50. The molecule has 0 radical (unpaired) electrons. The number of hydrogen-bond donors (Lipinski definition) is 0. The van der Waals surface area contributed by atoms with E-state index in [-0.39, 0.29) is 18.1 Å². The summed E-state index contributed by atoms with van der Waals surface area (Å²) in [4.78, 5) is 17.5. The lowest BCUT2D eigenvalue weighted by atomic mass is 9.81.